The molecule has 1 rings (SSSR count). The van der Waals surface area contributed by atoms with Crippen LogP contribution in [0.15, 0.2) is 29.3 Å². The summed E-state index contributed by atoms with van der Waals surface area (Å²) in [6.07, 6.45) is 0.685. The number of primary amides is 1. The minimum atomic E-state index is -1.00. The number of aryl methyl sites for hydroxylation is 1. The maximum absolute atomic E-state index is 13.1. The number of para-hydroxylation sites is 1. The molecule has 12 heteroatoms. The summed E-state index contributed by atoms with van der Waals surface area (Å²) < 4.78 is 0. The molecule has 0 aliphatic carbocycles. The van der Waals surface area contributed by atoms with Gasteiger partial charge in [0, 0.05) is 13.0 Å². The molecule has 12 nitrogen and oxygen atoms in total. The Hall–Kier alpha value is -3.80. The number of rotatable bonds is 14. The summed E-state index contributed by atoms with van der Waals surface area (Å²) in [5.41, 5.74) is 17.9. The van der Waals surface area contributed by atoms with Gasteiger partial charge >= 0.3 is 0 Å². The Morgan fingerprint density at radius 3 is 2.31 bits per heavy atom. The van der Waals surface area contributed by atoms with E-state index in [1.807, 2.05) is 25.1 Å². The zero-order chi connectivity index (χ0) is 26.5. The maximum Gasteiger partial charge on any atom is 0.242 e. The first-order valence-electron chi connectivity index (χ1n) is 11.3. The van der Waals surface area contributed by atoms with Gasteiger partial charge in [0.15, 0.2) is 11.7 Å². The van der Waals surface area contributed by atoms with Gasteiger partial charge in [0.05, 0.1) is 23.5 Å². The third-order valence-corrected chi connectivity index (χ3v) is 5.17. The van der Waals surface area contributed by atoms with Gasteiger partial charge < -0.3 is 33.2 Å². The largest absolute Gasteiger partial charge is 0.370 e. The quantitative estimate of drug-likeness (QED) is 0.103. The summed E-state index contributed by atoms with van der Waals surface area (Å²) in [5, 5.41) is 15.0. The summed E-state index contributed by atoms with van der Waals surface area (Å²) in [6.45, 7) is 5.25. The van der Waals surface area contributed by atoms with Gasteiger partial charge in [-0.25, -0.2) is 4.99 Å². The lowest BCUT2D eigenvalue weighted by Crippen LogP contribution is -2.54. The van der Waals surface area contributed by atoms with Crippen LogP contribution in [-0.2, 0) is 19.2 Å². The summed E-state index contributed by atoms with van der Waals surface area (Å²) in [5.74, 6) is -2.34. The molecule has 10 N–H and O–H groups in total. The molecule has 3 amide bonds. The third kappa shape index (κ3) is 10.8. The first kappa shape index (κ1) is 29.2. The predicted octanol–water partition coefficient (Wildman–Crippen LogP) is -0.498. The molecule has 192 valence electrons. The van der Waals surface area contributed by atoms with Crippen molar-refractivity contribution in [3.05, 3.63) is 29.8 Å². The van der Waals surface area contributed by atoms with Gasteiger partial charge in [-0.15, -0.1) is 0 Å². The van der Waals surface area contributed by atoms with Crippen molar-refractivity contribution in [3.63, 3.8) is 0 Å². The van der Waals surface area contributed by atoms with Gasteiger partial charge in [0.25, 0.3) is 0 Å². The van der Waals surface area contributed by atoms with Crippen LogP contribution < -0.4 is 33.2 Å². The Bertz CT molecular complexity index is 963. The summed E-state index contributed by atoms with van der Waals surface area (Å²) in [7, 11) is 0. The Morgan fingerprint density at radius 2 is 1.71 bits per heavy atom. The average molecular weight is 489 g/mol. The van der Waals surface area contributed by atoms with E-state index in [9.17, 15) is 19.2 Å². The van der Waals surface area contributed by atoms with Crippen molar-refractivity contribution >= 4 is 40.9 Å². The smallest absolute Gasteiger partial charge is 0.242 e. The van der Waals surface area contributed by atoms with E-state index in [2.05, 4.69) is 20.9 Å². The van der Waals surface area contributed by atoms with Crippen LogP contribution in [0.3, 0.4) is 0 Å². The molecule has 1 aromatic carbocycles. The van der Waals surface area contributed by atoms with Crippen LogP contribution >= 0.6 is 0 Å². The standard InChI is InChI=1S/C23H36N8O4/c1-13-7-4-5-8-17(13)29-14(2)20(33)18(9-6-12-28-23(26)27)31-21(34)15(3)30-22(35)16(24)10-11-19(25)32/h4-5,7-8,15-16,18H,6,9-12,24H2,1-3H3,(H2,25,32)(H,30,35)(H,31,34)(H4,26,27,28)/b29-14+/t15-,16-,18-/m0/s1. The number of ketones is 1. The summed E-state index contributed by atoms with van der Waals surface area (Å²) >= 11 is 0. The fourth-order valence-electron chi connectivity index (χ4n) is 3.09. The van der Waals surface area contributed by atoms with Crippen LogP contribution in [0.5, 0.6) is 0 Å². The lowest BCUT2D eigenvalue weighted by molar-refractivity contribution is -0.130. The molecule has 0 aliphatic rings. The second-order valence-electron chi connectivity index (χ2n) is 8.23. The van der Waals surface area contributed by atoms with E-state index in [1.54, 1.807) is 13.0 Å². The van der Waals surface area contributed by atoms with Crippen LogP contribution in [-0.4, -0.2) is 59.8 Å². The number of nitrogens with one attached hydrogen (secondary N) is 4. The van der Waals surface area contributed by atoms with Crippen molar-refractivity contribution in [2.45, 2.75) is 64.6 Å². The number of amides is 3. The molecule has 0 unspecified atom stereocenters. The Morgan fingerprint density at radius 1 is 1.06 bits per heavy atom. The minimum Gasteiger partial charge on any atom is -0.370 e. The van der Waals surface area contributed by atoms with Crippen molar-refractivity contribution in [3.8, 4) is 0 Å². The average Bonchev–Trinajstić information content (AvgIpc) is 2.79. The van der Waals surface area contributed by atoms with Gasteiger partial charge in [-0.3, -0.25) is 24.6 Å². The molecule has 0 radical (unpaired) electrons. The van der Waals surface area contributed by atoms with E-state index in [-0.39, 0.29) is 36.7 Å². The first-order chi connectivity index (χ1) is 16.4. The van der Waals surface area contributed by atoms with Gasteiger partial charge in [-0.1, -0.05) is 18.2 Å². The van der Waals surface area contributed by atoms with E-state index in [0.717, 1.165) is 5.56 Å². The lowest BCUT2D eigenvalue weighted by atomic mass is 10.0. The molecule has 1 aromatic rings. The number of nitrogens with two attached hydrogens (primary N) is 3. The summed E-state index contributed by atoms with van der Waals surface area (Å²) in [6, 6.07) is 4.45. The molecule has 0 heterocycles. The second kappa shape index (κ2) is 14.5. The van der Waals surface area contributed by atoms with Crippen LogP contribution in [0.4, 0.5) is 5.69 Å². The predicted molar refractivity (Wildman–Crippen MR) is 134 cm³/mol. The molecular formula is C23H36N8O4. The van der Waals surface area contributed by atoms with Crippen LogP contribution in [0.25, 0.3) is 0 Å². The van der Waals surface area contributed by atoms with Crippen LogP contribution in [0.2, 0.25) is 0 Å². The number of hydrogen-bond donors (Lipinski definition) is 7. The van der Waals surface area contributed by atoms with Crippen molar-refractivity contribution in [1.29, 1.82) is 5.41 Å². The summed E-state index contributed by atoms with van der Waals surface area (Å²) in [4.78, 5) is 53.4. The Balaban J connectivity index is 2.90. The number of nitrogens with zero attached hydrogens (tertiary/aromatic N) is 1. The second-order valence-corrected chi connectivity index (χ2v) is 8.23. The van der Waals surface area contributed by atoms with Crippen LogP contribution in [0.1, 0.15) is 45.1 Å². The maximum atomic E-state index is 13.1. The highest BCUT2D eigenvalue weighted by Crippen LogP contribution is 2.18. The van der Waals surface area contributed by atoms with Gasteiger partial charge in [-0.05, 0) is 51.7 Å². The van der Waals surface area contributed by atoms with Gasteiger partial charge in [-0.2, -0.15) is 0 Å². The highest BCUT2D eigenvalue weighted by Gasteiger charge is 2.27. The zero-order valence-corrected chi connectivity index (χ0v) is 20.4. The number of carbonyl (C=O) groups is 4. The van der Waals surface area contributed by atoms with E-state index in [4.69, 9.17) is 22.6 Å². The minimum absolute atomic E-state index is 0.0499. The molecule has 3 atom stereocenters. The number of aliphatic imine (C=N–C) groups is 1. The lowest BCUT2D eigenvalue weighted by Gasteiger charge is -2.22. The van der Waals surface area contributed by atoms with Gasteiger partial charge in [0.1, 0.15) is 6.04 Å². The number of guanidine groups is 1. The molecule has 0 aliphatic heterocycles. The van der Waals surface area contributed by atoms with Gasteiger partial charge in [0.2, 0.25) is 17.7 Å². The number of hydrogen-bond acceptors (Lipinski definition) is 7. The monoisotopic (exact) mass is 488 g/mol. The Kier molecular flexibility index (Phi) is 12.1. The third-order valence-electron chi connectivity index (χ3n) is 5.17. The van der Waals surface area contributed by atoms with Crippen molar-refractivity contribution in [2.24, 2.45) is 22.2 Å². The molecule has 0 saturated carbocycles. The van der Waals surface area contributed by atoms with E-state index in [0.29, 0.717) is 18.7 Å². The molecule has 0 spiro atoms. The number of benzene rings is 1. The molecule has 0 aromatic heterocycles. The first-order valence-corrected chi connectivity index (χ1v) is 11.3. The van der Waals surface area contributed by atoms with Crippen LogP contribution in [0, 0.1) is 12.3 Å². The SMILES string of the molecule is C/C(=N\c1ccccc1C)C(=O)[C@H](CCCNC(=N)N)NC(=O)[C@H](C)NC(=O)[C@@H](N)CCC(N)=O. The van der Waals surface area contributed by atoms with E-state index in [1.165, 1.54) is 6.92 Å². The topological polar surface area (TPSA) is 219 Å². The van der Waals surface area contributed by atoms with Crippen molar-refractivity contribution < 1.29 is 19.2 Å². The Labute approximate surface area is 205 Å². The highest BCUT2D eigenvalue weighted by molar-refractivity contribution is 6.41. The van der Waals surface area contributed by atoms with Crippen molar-refractivity contribution in [1.82, 2.24) is 16.0 Å². The zero-order valence-electron chi connectivity index (χ0n) is 20.4. The molecule has 0 saturated heterocycles. The normalized spacial score (nSPS) is 13.8. The van der Waals surface area contributed by atoms with Crippen molar-refractivity contribution in [2.75, 3.05) is 6.54 Å². The number of Topliss-reactive ketones (excluding diaryl/α,β-unsaturated/α-hetero) is 1. The fourth-order valence-corrected chi connectivity index (χ4v) is 3.09. The molecular weight excluding hydrogens is 452 g/mol. The number of carbonyl (C=O) groups excluding carboxylic acids is 4. The fraction of sp³-hybridized carbons (Fsp3) is 0.478. The molecule has 35 heavy (non-hydrogen) atoms. The molecule has 0 bridgehead atoms. The van der Waals surface area contributed by atoms with E-state index < -0.39 is 35.8 Å². The molecule has 0 fully saturated rings. The highest BCUT2D eigenvalue weighted by atomic mass is 16.2. The van der Waals surface area contributed by atoms with E-state index >= 15 is 0 Å².